The van der Waals surface area contributed by atoms with Crippen molar-refractivity contribution in [2.24, 2.45) is 0 Å². The number of rotatable bonds is 7. The molecule has 0 bridgehead atoms. The van der Waals surface area contributed by atoms with Crippen molar-refractivity contribution in [1.29, 1.82) is 0 Å². The second-order valence-corrected chi connectivity index (χ2v) is 6.36. The first-order chi connectivity index (χ1) is 9.35. The van der Waals surface area contributed by atoms with Crippen LogP contribution in [0.3, 0.4) is 0 Å². The van der Waals surface area contributed by atoms with Crippen LogP contribution in [-0.4, -0.2) is 34.0 Å². The SMILES string of the molecule is CNC(=O)CCNc1ccc(S(=O)(=O)NC(C)C)cc1. The summed E-state index contributed by atoms with van der Waals surface area (Å²) in [6, 6.07) is 6.28. The van der Waals surface area contributed by atoms with Gasteiger partial charge in [0.1, 0.15) is 0 Å². The van der Waals surface area contributed by atoms with E-state index in [1.54, 1.807) is 33.0 Å². The third-order valence-corrected chi connectivity index (χ3v) is 4.19. The first-order valence-corrected chi connectivity index (χ1v) is 7.90. The van der Waals surface area contributed by atoms with Crippen LogP contribution in [-0.2, 0) is 14.8 Å². The topological polar surface area (TPSA) is 87.3 Å². The number of carbonyl (C=O) groups excluding carboxylic acids is 1. The second kappa shape index (κ2) is 7.25. The van der Waals surface area contributed by atoms with E-state index in [0.29, 0.717) is 13.0 Å². The summed E-state index contributed by atoms with van der Waals surface area (Å²) in [4.78, 5) is 11.3. The minimum absolute atomic E-state index is 0.0437. The van der Waals surface area contributed by atoms with Crippen molar-refractivity contribution in [3.8, 4) is 0 Å². The van der Waals surface area contributed by atoms with Crippen LogP contribution >= 0.6 is 0 Å². The normalized spacial score (nSPS) is 11.4. The fraction of sp³-hybridized carbons (Fsp3) is 0.462. The van der Waals surface area contributed by atoms with Crippen LogP contribution < -0.4 is 15.4 Å². The molecule has 0 aliphatic rings. The summed E-state index contributed by atoms with van der Waals surface area (Å²) in [5.41, 5.74) is 0.775. The number of benzene rings is 1. The first-order valence-electron chi connectivity index (χ1n) is 6.42. The van der Waals surface area contributed by atoms with Gasteiger partial charge < -0.3 is 10.6 Å². The third-order valence-electron chi connectivity index (χ3n) is 2.52. The van der Waals surface area contributed by atoms with Crippen molar-refractivity contribution in [2.75, 3.05) is 18.9 Å². The van der Waals surface area contributed by atoms with Crippen molar-refractivity contribution < 1.29 is 13.2 Å². The van der Waals surface area contributed by atoms with Crippen LogP contribution in [0, 0.1) is 0 Å². The molecule has 112 valence electrons. The quantitative estimate of drug-likeness (QED) is 0.699. The maximum absolute atomic E-state index is 11.9. The molecule has 0 saturated carbocycles. The van der Waals surface area contributed by atoms with E-state index in [0.717, 1.165) is 5.69 Å². The number of amides is 1. The van der Waals surface area contributed by atoms with Crippen LogP contribution in [0.15, 0.2) is 29.2 Å². The Kier molecular flexibility index (Phi) is 5.97. The Hall–Kier alpha value is -1.60. The second-order valence-electron chi connectivity index (χ2n) is 4.65. The van der Waals surface area contributed by atoms with Crippen molar-refractivity contribution in [3.05, 3.63) is 24.3 Å². The third kappa shape index (κ3) is 5.18. The number of carbonyl (C=O) groups is 1. The molecule has 0 spiro atoms. The van der Waals surface area contributed by atoms with Gasteiger partial charge in [-0.1, -0.05) is 0 Å². The highest BCUT2D eigenvalue weighted by Crippen LogP contribution is 2.14. The molecule has 0 aliphatic heterocycles. The molecular formula is C13H21N3O3S. The van der Waals surface area contributed by atoms with Crippen LogP contribution in [0.2, 0.25) is 0 Å². The van der Waals surface area contributed by atoms with Crippen molar-refractivity contribution in [1.82, 2.24) is 10.0 Å². The summed E-state index contributed by atoms with van der Waals surface area (Å²) >= 11 is 0. The summed E-state index contributed by atoms with van der Waals surface area (Å²) in [7, 11) is -1.87. The maximum Gasteiger partial charge on any atom is 0.240 e. The Morgan fingerprint density at radius 3 is 2.30 bits per heavy atom. The van der Waals surface area contributed by atoms with Crippen molar-refractivity contribution in [3.63, 3.8) is 0 Å². The molecule has 0 fully saturated rings. The molecule has 0 radical (unpaired) electrons. The highest BCUT2D eigenvalue weighted by molar-refractivity contribution is 7.89. The zero-order valence-electron chi connectivity index (χ0n) is 11.9. The lowest BCUT2D eigenvalue weighted by atomic mass is 10.3. The van der Waals surface area contributed by atoms with Gasteiger partial charge in [-0.05, 0) is 38.1 Å². The van der Waals surface area contributed by atoms with Crippen LogP contribution in [0.5, 0.6) is 0 Å². The van der Waals surface area contributed by atoms with E-state index in [2.05, 4.69) is 15.4 Å². The predicted octanol–water partition coefficient (Wildman–Crippen LogP) is 0.921. The average Bonchev–Trinajstić information content (AvgIpc) is 2.37. The molecule has 3 N–H and O–H groups in total. The lowest BCUT2D eigenvalue weighted by Gasteiger charge is -2.10. The Balaban J connectivity index is 2.63. The van der Waals surface area contributed by atoms with Gasteiger partial charge in [0.2, 0.25) is 15.9 Å². The van der Waals surface area contributed by atoms with Gasteiger partial charge in [-0.15, -0.1) is 0 Å². The van der Waals surface area contributed by atoms with Gasteiger partial charge in [-0.3, -0.25) is 4.79 Å². The largest absolute Gasteiger partial charge is 0.385 e. The molecule has 0 aromatic heterocycles. The molecule has 7 heteroatoms. The van der Waals surface area contributed by atoms with Crippen LogP contribution in [0.4, 0.5) is 5.69 Å². The highest BCUT2D eigenvalue weighted by atomic mass is 32.2. The molecular weight excluding hydrogens is 278 g/mol. The zero-order chi connectivity index (χ0) is 15.2. The molecule has 0 saturated heterocycles. The molecule has 0 aliphatic carbocycles. The van der Waals surface area contributed by atoms with E-state index in [1.165, 1.54) is 12.1 Å². The van der Waals surface area contributed by atoms with Gasteiger partial charge in [0.05, 0.1) is 4.90 Å². The average molecular weight is 299 g/mol. The molecule has 1 rings (SSSR count). The van der Waals surface area contributed by atoms with Crippen molar-refractivity contribution in [2.45, 2.75) is 31.2 Å². The minimum Gasteiger partial charge on any atom is -0.385 e. The number of anilines is 1. The van der Waals surface area contributed by atoms with E-state index in [4.69, 9.17) is 0 Å². The summed E-state index contributed by atoms with van der Waals surface area (Å²) in [5.74, 6) is -0.0437. The van der Waals surface area contributed by atoms with Gasteiger partial charge in [0.15, 0.2) is 0 Å². The first kappa shape index (κ1) is 16.5. The maximum atomic E-state index is 11.9. The fourth-order valence-electron chi connectivity index (χ4n) is 1.58. The van der Waals surface area contributed by atoms with Gasteiger partial charge in [0, 0.05) is 31.7 Å². The van der Waals surface area contributed by atoms with Gasteiger partial charge >= 0.3 is 0 Å². The van der Waals surface area contributed by atoms with Gasteiger partial charge in [-0.2, -0.15) is 0 Å². The van der Waals surface area contributed by atoms with Crippen molar-refractivity contribution >= 4 is 21.6 Å². The number of hydrogen-bond acceptors (Lipinski definition) is 4. The Morgan fingerprint density at radius 1 is 1.20 bits per heavy atom. The van der Waals surface area contributed by atoms with Crippen LogP contribution in [0.25, 0.3) is 0 Å². The summed E-state index contributed by atoms with van der Waals surface area (Å²) in [6.07, 6.45) is 0.367. The standard InChI is InChI=1S/C13H21N3O3S/c1-10(2)16-20(18,19)12-6-4-11(5-7-12)15-9-8-13(17)14-3/h4-7,10,15-16H,8-9H2,1-3H3,(H,14,17). The molecule has 0 heterocycles. The molecule has 1 aromatic rings. The predicted molar refractivity (Wildman–Crippen MR) is 79.1 cm³/mol. The molecule has 1 amide bonds. The number of sulfonamides is 1. The Bertz CT molecular complexity index is 538. The van der Waals surface area contributed by atoms with E-state index in [-0.39, 0.29) is 16.8 Å². The Labute approximate surface area is 120 Å². The van der Waals surface area contributed by atoms with Crippen LogP contribution in [0.1, 0.15) is 20.3 Å². The van der Waals surface area contributed by atoms with E-state index < -0.39 is 10.0 Å². The zero-order valence-corrected chi connectivity index (χ0v) is 12.8. The van der Waals surface area contributed by atoms with E-state index in [1.807, 2.05) is 0 Å². The lowest BCUT2D eigenvalue weighted by molar-refractivity contribution is -0.120. The highest BCUT2D eigenvalue weighted by Gasteiger charge is 2.14. The number of nitrogens with one attached hydrogen (secondary N) is 3. The van der Waals surface area contributed by atoms with Gasteiger partial charge in [-0.25, -0.2) is 13.1 Å². The Morgan fingerprint density at radius 2 is 1.80 bits per heavy atom. The molecule has 20 heavy (non-hydrogen) atoms. The number of hydrogen-bond donors (Lipinski definition) is 3. The molecule has 0 unspecified atom stereocenters. The smallest absolute Gasteiger partial charge is 0.240 e. The summed E-state index contributed by atoms with van der Waals surface area (Å²) in [6.45, 7) is 4.04. The summed E-state index contributed by atoms with van der Waals surface area (Å²) < 4.78 is 26.3. The molecule has 6 nitrogen and oxygen atoms in total. The fourth-order valence-corrected chi connectivity index (χ4v) is 2.83. The molecule has 0 atom stereocenters. The van der Waals surface area contributed by atoms with Gasteiger partial charge in [0.25, 0.3) is 0 Å². The van der Waals surface area contributed by atoms with E-state index >= 15 is 0 Å². The minimum atomic E-state index is -3.46. The lowest BCUT2D eigenvalue weighted by Crippen LogP contribution is -2.30. The van der Waals surface area contributed by atoms with E-state index in [9.17, 15) is 13.2 Å². The molecule has 1 aromatic carbocycles. The monoisotopic (exact) mass is 299 g/mol. The summed E-state index contributed by atoms with van der Waals surface area (Å²) in [5, 5.41) is 5.59.